The standard InChI is InChI=1S/C5H10Br2O/c1-5(2,8)4(7)3-6/h4,8H,3H2,1-2H3/t4-/m0/s1. The minimum absolute atomic E-state index is 0.134. The van der Waals surface area contributed by atoms with Crippen LogP contribution in [-0.4, -0.2) is 20.9 Å². The molecule has 0 aromatic carbocycles. The highest BCUT2D eigenvalue weighted by Gasteiger charge is 2.22. The fraction of sp³-hybridized carbons (Fsp3) is 1.00. The second kappa shape index (κ2) is 3.18. The molecule has 0 unspecified atom stereocenters. The lowest BCUT2D eigenvalue weighted by Crippen LogP contribution is -2.32. The van der Waals surface area contributed by atoms with E-state index < -0.39 is 5.60 Å². The normalized spacial score (nSPS) is 16.1. The number of hydrogen-bond donors (Lipinski definition) is 1. The molecule has 0 aromatic heterocycles. The first kappa shape index (κ1) is 8.92. The Labute approximate surface area is 66.7 Å². The van der Waals surface area contributed by atoms with Gasteiger partial charge in [0.15, 0.2) is 0 Å². The lowest BCUT2D eigenvalue weighted by atomic mass is 10.1. The van der Waals surface area contributed by atoms with Gasteiger partial charge >= 0.3 is 0 Å². The van der Waals surface area contributed by atoms with E-state index in [4.69, 9.17) is 0 Å². The first-order chi connectivity index (χ1) is 3.48. The highest BCUT2D eigenvalue weighted by atomic mass is 79.9. The molecule has 0 aliphatic carbocycles. The van der Waals surface area contributed by atoms with Crippen LogP contribution in [0.15, 0.2) is 0 Å². The molecule has 0 fully saturated rings. The van der Waals surface area contributed by atoms with Crippen LogP contribution in [0.2, 0.25) is 0 Å². The van der Waals surface area contributed by atoms with Crippen molar-refractivity contribution in [2.75, 3.05) is 5.33 Å². The van der Waals surface area contributed by atoms with Gasteiger partial charge < -0.3 is 5.11 Å². The second-order valence-electron chi connectivity index (χ2n) is 2.28. The van der Waals surface area contributed by atoms with Crippen molar-refractivity contribution in [2.45, 2.75) is 24.3 Å². The van der Waals surface area contributed by atoms with E-state index in [1.54, 1.807) is 13.8 Å². The fourth-order valence-corrected chi connectivity index (χ4v) is 0.981. The molecule has 50 valence electrons. The Bertz CT molecular complexity index is 67.3. The maximum atomic E-state index is 9.21. The van der Waals surface area contributed by atoms with Crippen LogP contribution < -0.4 is 0 Å². The molecule has 0 saturated carbocycles. The molecule has 0 radical (unpaired) electrons. The van der Waals surface area contributed by atoms with Gasteiger partial charge in [0.2, 0.25) is 0 Å². The average Bonchev–Trinajstić information content (AvgIpc) is 1.62. The van der Waals surface area contributed by atoms with Crippen LogP contribution in [-0.2, 0) is 0 Å². The number of rotatable bonds is 2. The van der Waals surface area contributed by atoms with Gasteiger partial charge in [-0.2, -0.15) is 0 Å². The molecule has 0 bridgehead atoms. The molecule has 8 heavy (non-hydrogen) atoms. The quantitative estimate of drug-likeness (QED) is 0.738. The van der Waals surface area contributed by atoms with Crippen LogP contribution >= 0.6 is 31.9 Å². The van der Waals surface area contributed by atoms with Crippen molar-refractivity contribution in [2.24, 2.45) is 0 Å². The average molecular weight is 246 g/mol. The molecular weight excluding hydrogens is 236 g/mol. The summed E-state index contributed by atoms with van der Waals surface area (Å²) < 4.78 is 0. The summed E-state index contributed by atoms with van der Waals surface area (Å²) in [7, 11) is 0. The molecule has 0 saturated heterocycles. The molecule has 0 aliphatic rings. The molecule has 1 N–H and O–H groups in total. The number of hydrogen-bond acceptors (Lipinski definition) is 1. The Hall–Kier alpha value is 0.920. The van der Waals surface area contributed by atoms with Gasteiger partial charge in [0.1, 0.15) is 0 Å². The SMILES string of the molecule is CC(C)(O)[C@@H](Br)CBr. The molecule has 1 nitrogen and oxygen atoms in total. The molecular formula is C5H10Br2O. The van der Waals surface area contributed by atoms with Crippen LogP contribution in [0, 0.1) is 0 Å². The monoisotopic (exact) mass is 244 g/mol. The zero-order chi connectivity index (χ0) is 6.78. The summed E-state index contributed by atoms with van der Waals surface area (Å²) in [5.74, 6) is 0. The van der Waals surface area contributed by atoms with E-state index in [9.17, 15) is 5.11 Å². The Morgan fingerprint density at radius 1 is 1.62 bits per heavy atom. The predicted octanol–water partition coefficient (Wildman–Crippen LogP) is 1.92. The van der Waals surface area contributed by atoms with E-state index in [2.05, 4.69) is 31.9 Å². The summed E-state index contributed by atoms with van der Waals surface area (Å²) >= 11 is 6.54. The van der Waals surface area contributed by atoms with Crippen LogP contribution in [0.1, 0.15) is 13.8 Å². The van der Waals surface area contributed by atoms with Crippen molar-refractivity contribution in [1.82, 2.24) is 0 Å². The maximum absolute atomic E-state index is 9.21. The maximum Gasteiger partial charge on any atom is 0.0724 e. The number of alkyl halides is 2. The fourth-order valence-electron chi connectivity index (χ4n) is 0.189. The van der Waals surface area contributed by atoms with Gasteiger partial charge in [-0.05, 0) is 13.8 Å². The van der Waals surface area contributed by atoms with Gasteiger partial charge in [-0.25, -0.2) is 0 Å². The number of aliphatic hydroxyl groups is 1. The molecule has 0 spiro atoms. The van der Waals surface area contributed by atoms with Crippen molar-refractivity contribution in [3.63, 3.8) is 0 Å². The molecule has 1 atom stereocenters. The van der Waals surface area contributed by atoms with Crippen molar-refractivity contribution in [3.8, 4) is 0 Å². The molecule has 0 rings (SSSR count). The van der Waals surface area contributed by atoms with E-state index in [0.717, 1.165) is 5.33 Å². The lowest BCUT2D eigenvalue weighted by Gasteiger charge is -2.21. The Morgan fingerprint density at radius 3 is 2.00 bits per heavy atom. The minimum atomic E-state index is -0.622. The van der Waals surface area contributed by atoms with E-state index >= 15 is 0 Å². The van der Waals surface area contributed by atoms with Crippen LogP contribution in [0.25, 0.3) is 0 Å². The minimum Gasteiger partial charge on any atom is -0.389 e. The van der Waals surface area contributed by atoms with Gasteiger partial charge in [-0.15, -0.1) is 0 Å². The van der Waals surface area contributed by atoms with Crippen molar-refractivity contribution < 1.29 is 5.11 Å². The van der Waals surface area contributed by atoms with E-state index in [-0.39, 0.29) is 4.83 Å². The topological polar surface area (TPSA) is 20.2 Å². The Balaban J connectivity index is 3.62. The molecule has 0 aliphatic heterocycles. The summed E-state index contributed by atoms with van der Waals surface area (Å²) in [5.41, 5.74) is -0.622. The van der Waals surface area contributed by atoms with E-state index in [1.807, 2.05) is 0 Å². The predicted molar refractivity (Wildman–Crippen MR) is 42.8 cm³/mol. The summed E-state index contributed by atoms with van der Waals surface area (Å²) in [6.45, 7) is 3.54. The van der Waals surface area contributed by atoms with Gasteiger partial charge in [0.25, 0.3) is 0 Å². The molecule has 0 aromatic rings. The van der Waals surface area contributed by atoms with Gasteiger partial charge in [-0.1, -0.05) is 31.9 Å². The van der Waals surface area contributed by atoms with Crippen LogP contribution in [0.3, 0.4) is 0 Å². The third kappa shape index (κ3) is 3.05. The Morgan fingerprint density at radius 2 is 2.00 bits per heavy atom. The van der Waals surface area contributed by atoms with E-state index in [0.29, 0.717) is 0 Å². The highest BCUT2D eigenvalue weighted by molar-refractivity contribution is 9.12. The first-order valence-corrected chi connectivity index (χ1v) is 4.44. The summed E-state index contributed by atoms with van der Waals surface area (Å²) in [6, 6.07) is 0. The van der Waals surface area contributed by atoms with Crippen molar-refractivity contribution in [1.29, 1.82) is 0 Å². The summed E-state index contributed by atoms with van der Waals surface area (Å²) in [4.78, 5) is 0.134. The second-order valence-corrected chi connectivity index (χ2v) is 4.03. The lowest BCUT2D eigenvalue weighted by molar-refractivity contribution is 0.0857. The number of halogens is 2. The van der Waals surface area contributed by atoms with Gasteiger partial charge in [0.05, 0.1) is 10.4 Å². The van der Waals surface area contributed by atoms with Gasteiger partial charge in [-0.3, -0.25) is 0 Å². The van der Waals surface area contributed by atoms with Crippen molar-refractivity contribution in [3.05, 3.63) is 0 Å². The molecule has 3 heteroatoms. The largest absolute Gasteiger partial charge is 0.389 e. The van der Waals surface area contributed by atoms with Crippen LogP contribution in [0.5, 0.6) is 0 Å². The zero-order valence-electron chi connectivity index (χ0n) is 4.99. The smallest absolute Gasteiger partial charge is 0.0724 e. The molecule has 0 heterocycles. The van der Waals surface area contributed by atoms with E-state index in [1.165, 1.54) is 0 Å². The third-order valence-electron chi connectivity index (χ3n) is 0.902. The van der Waals surface area contributed by atoms with Crippen LogP contribution in [0.4, 0.5) is 0 Å². The Kier molecular flexibility index (Phi) is 3.55. The van der Waals surface area contributed by atoms with Gasteiger partial charge in [0, 0.05) is 5.33 Å². The summed E-state index contributed by atoms with van der Waals surface area (Å²) in [6.07, 6.45) is 0. The molecule has 0 amide bonds. The third-order valence-corrected chi connectivity index (χ3v) is 3.86. The highest BCUT2D eigenvalue weighted by Crippen LogP contribution is 2.18. The zero-order valence-corrected chi connectivity index (χ0v) is 8.16. The van der Waals surface area contributed by atoms with Crippen molar-refractivity contribution >= 4 is 31.9 Å². The summed E-state index contributed by atoms with van der Waals surface area (Å²) in [5, 5.41) is 9.98. The first-order valence-electron chi connectivity index (χ1n) is 2.41.